The van der Waals surface area contributed by atoms with Crippen LogP contribution in [0, 0.1) is 0 Å². The van der Waals surface area contributed by atoms with Crippen molar-refractivity contribution >= 4 is 27.9 Å². The maximum absolute atomic E-state index is 12.7. The maximum Gasteiger partial charge on any atom is 0.341 e. The van der Waals surface area contributed by atoms with E-state index in [0.717, 1.165) is 10.9 Å². The smallest absolute Gasteiger partial charge is 0.341 e. The van der Waals surface area contributed by atoms with Crippen LogP contribution in [0.25, 0.3) is 33.2 Å². The van der Waals surface area contributed by atoms with Crippen molar-refractivity contribution in [2.24, 2.45) is 7.05 Å². The van der Waals surface area contributed by atoms with Crippen LogP contribution in [-0.2, 0) is 7.05 Å². The van der Waals surface area contributed by atoms with Crippen LogP contribution in [0.2, 0.25) is 0 Å². The molecule has 3 heterocycles. The topological polar surface area (TPSA) is 88.0 Å². The van der Waals surface area contributed by atoms with Crippen LogP contribution in [0.4, 0.5) is 0 Å². The summed E-state index contributed by atoms with van der Waals surface area (Å²) in [6.45, 7) is 0. The maximum atomic E-state index is 12.7. The van der Waals surface area contributed by atoms with Gasteiger partial charge in [-0.3, -0.25) is 4.79 Å². The standard InChI is InChI=1S/C18H13N3O3/c1-21-15(12-9-20-13-7-3-2-5-10(12)13)14(18(23)24)16(22)11-6-4-8-19-17(11)21/h2-9,20H,1H3,(H,23,24). The fourth-order valence-electron chi connectivity index (χ4n) is 3.14. The van der Waals surface area contributed by atoms with Gasteiger partial charge >= 0.3 is 5.97 Å². The minimum Gasteiger partial charge on any atom is -0.477 e. The van der Waals surface area contributed by atoms with Crippen molar-refractivity contribution in [3.63, 3.8) is 0 Å². The second-order valence-electron chi connectivity index (χ2n) is 5.54. The predicted molar refractivity (Wildman–Crippen MR) is 91.2 cm³/mol. The van der Waals surface area contributed by atoms with Gasteiger partial charge in [-0.05, 0) is 18.2 Å². The summed E-state index contributed by atoms with van der Waals surface area (Å²) in [5.74, 6) is -1.25. The van der Waals surface area contributed by atoms with Crippen LogP contribution in [0.15, 0.2) is 53.6 Å². The van der Waals surface area contributed by atoms with Gasteiger partial charge in [-0.2, -0.15) is 0 Å². The number of nitrogens with zero attached hydrogens (tertiary/aromatic N) is 2. The molecule has 118 valence electrons. The first-order valence-electron chi connectivity index (χ1n) is 7.37. The lowest BCUT2D eigenvalue weighted by Gasteiger charge is -2.14. The molecule has 2 N–H and O–H groups in total. The molecule has 6 nitrogen and oxygen atoms in total. The molecule has 24 heavy (non-hydrogen) atoms. The van der Waals surface area contributed by atoms with Gasteiger partial charge in [-0.15, -0.1) is 0 Å². The number of carboxylic acids is 1. The van der Waals surface area contributed by atoms with Gasteiger partial charge in [-0.1, -0.05) is 18.2 Å². The Hall–Kier alpha value is -3.41. The van der Waals surface area contributed by atoms with Gasteiger partial charge in [0.2, 0.25) is 5.43 Å². The highest BCUT2D eigenvalue weighted by atomic mass is 16.4. The summed E-state index contributed by atoms with van der Waals surface area (Å²) >= 11 is 0. The van der Waals surface area contributed by atoms with Crippen molar-refractivity contribution in [3.8, 4) is 11.3 Å². The Morgan fingerprint density at radius 2 is 1.92 bits per heavy atom. The first-order valence-corrected chi connectivity index (χ1v) is 7.37. The van der Waals surface area contributed by atoms with Crippen molar-refractivity contribution < 1.29 is 9.90 Å². The van der Waals surface area contributed by atoms with E-state index in [4.69, 9.17) is 0 Å². The molecule has 3 aromatic heterocycles. The lowest BCUT2D eigenvalue weighted by molar-refractivity contribution is 0.0696. The number of nitrogens with one attached hydrogen (secondary N) is 1. The molecule has 0 saturated heterocycles. The number of aromatic carboxylic acids is 1. The molecule has 4 rings (SSSR count). The van der Waals surface area contributed by atoms with Crippen molar-refractivity contribution in [3.05, 3.63) is 64.6 Å². The van der Waals surface area contributed by atoms with E-state index in [-0.39, 0.29) is 5.56 Å². The SMILES string of the molecule is Cn1c(-c2c[nH]c3ccccc23)c(C(=O)O)c(=O)c2cccnc21. The number of aromatic nitrogens is 3. The number of H-pyrrole nitrogens is 1. The van der Waals surface area contributed by atoms with Crippen LogP contribution < -0.4 is 5.43 Å². The highest BCUT2D eigenvalue weighted by Gasteiger charge is 2.24. The molecule has 0 bridgehead atoms. The molecule has 0 aliphatic carbocycles. The van der Waals surface area contributed by atoms with Crippen LogP contribution in [0.1, 0.15) is 10.4 Å². The molecule has 0 unspecified atom stereocenters. The number of hydrogen-bond donors (Lipinski definition) is 2. The van der Waals surface area contributed by atoms with Gasteiger partial charge in [-0.25, -0.2) is 9.78 Å². The van der Waals surface area contributed by atoms with Crippen LogP contribution in [0.5, 0.6) is 0 Å². The van der Waals surface area contributed by atoms with Crippen molar-refractivity contribution in [1.29, 1.82) is 0 Å². The Labute approximate surface area is 136 Å². The number of aryl methyl sites for hydroxylation is 1. The zero-order valence-electron chi connectivity index (χ0n) is 12.8. The third-order valence-corrected chi connectivity index (χ3v) is 4.21. The zero-order chi connectivity index (χ0) is 16.8. The number of carboxylic acid groups (broad SMARTS) is 1. The summed E-state index contributed by atoms with van der Waals surface area (Å²) in [5, 5.41) is 10.8. The number of carbonyl (C=O) groups is 1. The molecule has 0 fully saturated rings. The Morgan fingerprint density at radius 1 is 1.17 bits per heavy atom. The average Bonchev–Trinajstić information content (AvgIpc) is 3.01. The Balaban J connectivity index is 2.23. The highest BCUT2D eigenvalue weighted by molar-refractivity contribution is 6.04. The van der Waals surface area contributed by atoms with Crippen molar-refractivity contribution in [1.82, 2.24) is 14.5 Å². The quantitative estimate of drug-likeness (QED) is 0.594. The third kappa shape index (κ3) is 1.86. The zero-order valence-corrected chi connectivity index (χ0v) is 12.8. The fraction of sp³-hybridized carbons (Fsp3) is 0.0556. The van der Waals surface area contributed by atoms with Gasteiger partial charge in [0.1, 0.15) is 11.2 Å². The third-order valence-electron chi connectivity index (χ3n) is 4.21. The number of para-hydroxylation sites is 1. The molecule has 0 spiro atoms. The van der Waals surface area contributed by atoms with Crippen LogP contribution in [-0.4, -0.2) is 25.6 Å². The minimum absolute atomic E-state index is 0.247. The van der Waals surface area contributed by atoms with E-state index >= 15 is 0 Å². The monoisotopic (exact) mass is 319 g/mol. The predicted octanol–water partition coefficient (Wildman–Crippen LogP) is 2.78. The largest absolute Gasteiger partial charge is 0.477 e. The van der Waals surface area contributed by atoms with Gasteiger partial charge in [0.25, 0.3) is 0 Å². The second-order valence-corrected chi connectivity index (χ2v) is 5.54. The van der Waals surface area contributed by atoms with Crippen molar-refractivity contribution in [2.45, 2.75) is 0 Å². The molecule has 0 aliphatic heterocycles. The summed E-state index contributed by atoms with van der Waals surface area (Å²) in [6.07, 6.45) is 3.31. The molecule has 4 aromatic rings. The van der Waals surface area contributed by atoms with E-state index < -0.39 is 11.4 Å². The number of benzene rings is 1. The molecule has 0 radical (unpaired) electrons. The van der Waals surface area contributed by atoms with E-state index in [0.29, 0.717) is 22.3 Å². The summed E-state index contributed by atoms with van der Waals surface area (Å²) in [5.41, 5.74) is 1.56. The summed E-state index contributed by atoms with van der Waals surface area (Å²) in [4.78, 5) is 31.9. The number of rotatable bonds is 2. The van der Waals surface area contributed by atoms with E-state index in [1.54, 1.807) is 36.1 Å². The minimum atomic E-state index is -1.25. The first kappa shape index (κ1) is 14.2. The molecular formula is C18H13N3O3. The Morgan fingerprint density at radius 3 is 2.71 bits per heavy atom. The molecule has 6 heteroatoms. The van der Waals surface area contributed by atoms with Gasteiger partial charge in [0.05, 0.1) is 11.1 Å². The summed E-state index contributed by atoms with van der Waals surface area (Å²) < 4.78 is 1.66. The van der Waals surface area contributed by atoms with Crippen molar-refractivity contribution in [2.75, 3.05) is 0 Å². The van der Waals surface area contributed by atoms with Gasteiger partial charge in [0, 0.05) is 35.9 Å². The highest BCUT2D eigenvalue weighted by Crippen LogP contribution is 2.31. The fourth-order valence-corrected chi connectivity index (χ4v) is 3.14. The number of hydrogen-bond acceptors (Lipinski definition) is 3. The molecular weight excluding hydrogens is 306 g/mol. The normalized spacial score (nSPS) is 11.2. The van der Waals surface area contributed by atoms with Gasteiger partial charge in [0.15, 0.2) is 0 Å². The summed E-state index contributed by atoms with van der Waals surface area (Å²) in [6, 6.07) is 10.8. The Kier molecular flexibility index (Phi) is 2.99. The number of fused-ring (bicyclic) bond motifs is 2. The molecule has 0 atom stereocenters. The van der Waals surface area contributed by atoms with Crippen LogP contribution in [0.3, 0.4) is 0 Å². The molecule has 0 amide bonds. The van der Waals surface area contributed by atoms with E-state index in [1.807, 2.05) is 24.3 Å². The van der Waals surface area contributed by atoms with Crippen LogP contribution >= 0.6 is 0 Å². The van der Waals surface area contributed by atoms with E-state index in [1.165, 1.54) is 0 Å². The molecule has 1 aromatic carbocycles. The summed E-state index contributed by atoms with van der Waals surface area (Å²) in [7, 11) is 1.72. The molecule has 0 aliphatic rings. The lowest BCUT2D eigenvalue weighted by Crippen LogP contribution is -2.21. The second kappa shape index (κ2) is 5.06. The first-order chi connectivity index (χ1) is 11.6. The van der Waals surface area contributed by atoms with E-state index in [2.05, 4.69) is 9.97 Å². The average molecular weight is 319 g/mol. The lowest BCUT2D eigenvalue weighted by atomic mass is 10.0. The van der Waals surface area contributed by atoms with Gasteiger partial charge < -0.3 is 14.7 Å². The Bertz CT molecular complexity index is 1170. The number of pyridine rings is 2. The number of aromatic amines is 1. The van der Waals surface area contributed by atoms with E-state index in [9.17, 15) is 14.7 Å². The molecule has 0 saturated carbocycles.